The lowest BCUT2D eigenvalue weighted by Gasteiger charge is -2.04. The van der Waals surface area contributed by atoms with Gasteiger partial charge in [-0.2, -0.15) is 4.98 Å². The van der Waals surface area contributed by atoms with Crippen molar-refractivity contribution in [3.63, 3.8) is 0 Å². The first-order valence-electron chi connectivity index (χ1n) is 7.76. The van der Waals surface area contributed by atoms with E-state index in [1.165, 1.54) is 29.2 Å². The van der Waals surface area contributed by atoms with Gasteiger partial charge in [0.25, 0.3) is 0 Å². The van der Waals surface area contributed by atoms with Gasteiger partial charge < -0.3 is 4.57 Å². The number of nitrogens with zero attached hydrogens (tertiary/aromatic N) is 5. The molecule has 0 unspecified atom stereocenters. The molecule has 136 valence electrons. The molecule has 3 aromatic heterocycles. The lowest BCUT2D eigenvalue weighted by atomic mass is 10.1. The number of hydrogen-bond acceptors (Lipinski definition) is 4. The van der Waals surface area contributed by atoms with Gasteiger partial charge in [0, 0.05) is 35.8 Å². The van der Waals surface area contributed by atoms with Crippen molar-refractivity contribution in [2.24, 2.45) is 0 Å². The van der Waals surface area contributed by atoms with Crippen molar-refractivity contribution in [2.75, 3.05) is 5.32 Å². The smallest absolute Gasteiger partial charge is 0.249 e. The standard InChI is InChI=1S/C17H11F3N6O/c18-12-6-14(20)13(19)5-11(12)10-1-2-15-22-17(24-26(15)7-10)23-16(27)8-25-4-3-21-9-25/h1-7,9H,8H2,(H,23,24,27). The van der Waals surface area contributed by atoms with Gasteiger partial charge in [0.05, 0.1) is 6.33 Å². The first-order valence-corrected chi connectivity index (χ1v) is 7.76. The number of fused-ring (bicyclic) bond motifs is 1. The molecular formula is C17H11F3N6O. The maximum atomic E-state index is 14.0. The normalized spacial score (nSPS) is 11.1. The minimum atomic E-state index is -1.26. The van der Waals surface area contributed by atoms with E-state index in [-0.39, 0.29) is 29.5 Å². The van der Waals surface area contributed by atoms with Crippen molar-refractivity contribution in [2.45, 2.75) is 6.54 Å². The number of anilines is 1. The molecule has 4 aromatic rings. The molecule has 0 aliphatic heterocycles. The molecule has 0 aliphatic carbocycles. The van der Waals surface area contributed by atoms with E-state index in [0.29, 0.717) is 11.7 Å². The number of hydrogen-bond donors (Lipinski definition) is 1. The van der Waals surface area contributed by atoms with Gasteiger partial charge in [-0.25, -0.2) is 22.7 Å². The summed E-state index contributed by atoms with van der Waals surface area (Å²) in [5.74, 6) is -3.61. The number of rotatable bonds is 4. The Bertz CT molecular complexity index is 1140. The van der Waals surface area contributed by atoms with Crippen LogP contribution in [0.4, 0.5) is 19.1 Å². The zero-order valence-corrected chi connectivity index (χ0v) is 13.6. The lowest BCUT2D eigenvalue weighted by Crippen LogP contribution is -2.18. The Morgan fingerprint density at radius 3 is 2.70 bits per heavy atom. The Labute approximate surface area is 150 Å². The van der Waals surface area contributed by atoms with Gasteiger partial charge in [0.1, 0.15) is 12.4 Å². The summed E-state index contributed by atoms with van der Waals surface area (Å²) < 4.78 is 43.4. The molecule has 0 atom stereocenters. The van der Waals surface area contributed by atoms with Crippen molar-refractivity contribution in [1.82, 2.24) is 24.1 Å². The van der Waals surface area contributed by atoms with Gasteiger partial charge in [-0.1, -0.05) is 0 Å². The summed E-state index contributed by atoms with van der Waals surface area (Å²) in [6.07, 6.45) is 6.09. The molecule has 7 nitrogen and oxygen atoms in total. The Balaban J connectivity index is 1.60. The number of carbonyl (C=O) groups excluding carboxylic acids is 1. The van der Waals surface area contributed by atoms with E-state index < -0.39 is 17.5 Å². The van der Waals surface area contributed by atoms with Gasteiger partial charge in [0.15, 0.2) is 17.3 Å². The minimum absolute atomic E-state index is 0.0425. The van der Waals surface area contributed by atoms with Crippen LogP contribution in [0.15, 0.2) is 49.2 Å². The Morgan fingerprint density at radius 1 is 1.11 bits per heavy atom. The molecule has 0 fully saturated rings. The topological polar surface area (TPSA) is 77.1 Å². The summed E-state index contributed by atoms with van der Waals surface area (Å²) in [4.78, 5) is 20.0. The summed E-state index contributed by atoms with van der Waals surface area (Å²) in [7, 11) is 0. The van der Waals surface area contributed by atoms with Gasteiger partial charge in [-0.05, 0) is 18.2 Å². The van der Waals surface area contributed by atoms with Crippen molar-refractivity contribution >= 4 is 17.5 Å². The highest BCUT2D eigenvalue weighted by Gasteiger charge is 2.14. The van der Waals surface area contributed by atoms with Crippen LogP contribution in [0, 0.1) is 17.5 Å². The summed E-state index contributed by atoms with van der Waals surface area (Å²) in [5.41, 5.74) is 0.553. The van der Waals surface area contributed by atoms with E-state index in [4.69, 9.17) is 0 Å². The molecule has 0 saturated heterocycles. The number of imidazole rings is 1. The van der Waals surface area contributed by atoms with Crippen LogP contribution in [-0.2, 0) is 11.3 Å². The highest BCUT2D eigenvalue weighted by atomic mass is 19.2. The highest BCUT2D eigenvalue weighted by Crippen LogP contribution is 2.25. The second-order valence-electron chi connectivity index (χ2n) is 5.69. The number of nitrogens with one attached hydrogen (secondary N) is 1. The Hall–Kier alpha value is -3.69. The van der Waals surface area contributed by atoms with E-state index in [1.54, 1.807) is 17.0 Å². The lowest BCUT2D eigenvalue weighted by molar-refractivity contribution is -0.116. The van der Waals surface area contributed by atoms with Gasteiger partial charge in [-0.3, -0.25) is 10.1 Å². The average molecular weight is 372 g/mol. The van der Waals surface area contributed by atoms with Crippen molar-refractivity contribution in [3.8, 4) is 11.1 Å². The summed E-state index contributed by atoms with van der Waals surface area (Å²) in [6.45, 7) is 0.0425. The summed E-state index contributed by atoms with van der Waals surface area (Å²) in [5, 5.41) is 6.64. The SMILES string of the molecule is O=C(Cn1ccnc1)Nc1nc2ccc(-c3cc(F)c(F)cc3F)cn2n1. The third kappa shape index (κ3) is 3.36. The van der Waals surface area contributed by atoms with E-state index >= 15 is 0 Å². The van der Waals surface area contributed by atoms with Crippen LogP contribution in [0.5, 0.6) is 0 Å². The van der Waals surface area contributed by atoms with E-state index in [9.17, 15) is 18.0 Å². The zero-order chi connectivity index (χ0) is 19.0. The number of carbonyl (C=O) groups is 1. The number of aromatic nitrogens is 5. The van der Waals surface area contributed by atoms with Crippen LogP contribution in [0.1, 0.15) is 0 Å². The molecule has 0 radical (unpaired) electrons. The fourth-order valence-electron chi connectivity index (χ4n) is 2.55. The predicted molar refractivity (Wildman–Crippen MR) is 89.2 cm³/mol. The Morgan fingerprint density at radius 2 is 1.93 bits per heavy atom. The molecule has 10 heteroatoms. The van der Waals surface area contributed by atoms with Gasteiger partial charge >= 0.3 is 0 Å². The third-order valence-corrected chi connectivity index (χ3v) is 3.79. The van der Waals surface area contributed by atoms with E-state index in [1.807, 2.05) is 0 Å². The largest absolute Gasteiger partial charge is 0.328 e. The molecule has 4 rings (SSSR count). The first-order chi connectivity index (χ1) is 13.0. The molecule has 1 amide bonds. The molecule has 0 aliphatic rings. The maximum Gasteiger partial charge on any atom is 0.249 e. The first kappa shape index (κ1) is 16.8. The van der Waals surface area contributed by atoms with Crippen molar-refractivity contribution < 1.29 is 18.0 Å². The van der Waals surface area contributed by atoms with Crippen LogP contribution in [0.25, 0.3) is 16.8 Å². The van der Waals surface area contributed by atoms with Crippen molar-refractivity contribution in [1.29, 1.82) is 0 Å². The van der Waals surface area contributed by atoms with Crippen LogP contribution in [0.2, 0.25) is 0 Å². The Kier molecular flexibility index (Phi) is 4.07. The van der Waals surface area contributed by atoms with Gasteiger partial charge in [-0.15, -0.1) is 5.10 Å². The van der Waals surface area contributed by atoms with Crippen LogP contribution in [-0.4, -0.2) is 30.1 Å². The molecule has 0 bridgehead atoms. The molecule has 0 spiro atoms. The molecule has 0 saturated carbocycles. The second-order valence-corrected chi connectivity index (χ2v) is 5.69. The average Bonchev–Trinajstić information content (AvgIpc) is 3.26. The molecule has 27 heavy (non-hydrogen) atoms. The maximum absolute atomic E-state index is 14.0. The summed E-state index contributed by atoms with van der Waals surface area (Å²) >= 11 is 0. The number of pyridine rings is 1. The number of halogens is 3. The van der Waals surface area contributed by atoms with Crippen molar-refractivity contribution in [3.05, 3.63) is 66.6 Å². The van der Waals surface area contributed by atoms with E-state index in [2.05, 4.69) is 20.4 Å². The molecular weight excluding hydrogens is 361 g/mol. The van der Waals surface area contributed by atoms with Crippen LogP contribution in [0.3, 0.4) is 0 Å². The fourth-order valence-corrected chi connectivity index (χ4v) is 2.55. The quantitative estimate of drug-likeness (QED) is 0.559. The highest BCUT2D eigenvalue weighted by molar-refractivity contribution is 5.89. The number of benzene rings is 1. The van der Waals surface area contributed by atoms with E-state index in [0.717, 1.165) is 6.07 Å². The molecule has 3 heterocycles. The number of amides is 1. The monoisotopic (exact) mass is 372 g/mol. The molecule has 1 aromatic carbocycles. The van der Waals surface area contributed by atoms with Crippen LogP contribution < -0.4 is 5.32 Å². The molecule has 1 N–H and O–H groups in total. The zero-order valence-electron chi connectivity index (χ0n) is 13.6. The second kappa shape index (κ2) is 6.56. The summed E-state index contributed by atoms with van der Waals surface area (Å²) in [6, 6.07) is 4.28. The fraction of sp³-hybridized carbons (Fsp3) is 0.0588. The minimum Gasteiger partial charge on any atom is -0.328 e. The van der Waals surface area contributed by atoms with Crippen LogP contribution >= 0.6 is 0 Å². The van der Waals surface area contributed by atoms with Gasteiger partial charge in [0.2, 0.25) is 11.9 Å². The third-order valence-electron chi connectivity index (χ3n) is 3.79. The predicted octanol–water partition coefficient (Wildman–Crippen LogP) is 2.65.